The molecule has 6 heteroatoms. The Hall–Kier alpha value is -2.73. The molecule has 1 saturated heterocycles. The topological polar surface area (TPSA) is 69.2 Å². The maximum atomic E-state index is 6.19. The number of hydrogen-bond acceptors (Lipinski definition) is 6. The van der Waals surface area contributed by atoms with Crippen molar-refractivity contribution in [2.75, 3.05) is 7.11 Å². The zero-order valence-corrected chi connectivity index (χ0v) is 17.7. The molecule has 0 spiro atoms. The lowest BCUT2D eigenvalue weighted by atomic mass is 9.81. The van der Waals surface area contributed by atoms with Crippen molar-refractivity contribution >= 4 is 10.8 Å². The molecule has 3 heterocycles. The number of nitrogens with one attached hydrogen (secondary N) is 1. The van der Waals surface area contributed by atoms with E-state index in [2.05, 4.69) is 48.2 Å². The Balaban J connectivity index is 1.58. The van der Waals surface area contributed by atoms with Gasteiger partial charge in [0.2, 0.25) is 5.88 Å². The van der Waals surface area contributed by atoms with Crippen LogP contribution in [0.4, 0.5) is 0 Å². The Morgan fingerprint density at radius 1 is 0.966 bits per heavy atom. The quantitative estimate of drug-likeness (QED) is 0.710. The zero-order chi connectivity index (χ0) is 20.6. The number of ether oxygens (including phenoxy) is 2. The molecule has 1 aromatic carbocycles. The molecular weight excluding hydrogens is 364 g/mol. The fourth-order valence-electron chi connectivity index (χ4n) is 4.49. The maximum Gasteiger partial charge on any atom is 0.233 e. The van der Waals surface area contributed by atoms with E-state index < -0.39 is 0 Å². The number of pyridine rings is 1. The molecular formula is C23H28N4O2. The maximum absolute atomic E-state index is 6.19. The Kier molecular flexibility index (Phi) is 4.90. The summed E-state index contributed by atoms with van der Waals surface area (Å²) in [7, 11) is 1.66. The molecule has 0 radical (unpaired) electrons. The van der Waals surface area contributed by atoms with E-state index in [4.69, 9.17) is 9.47 Å². The van der Waals surface area contributed by atoms with Gasteiger partial charge in [-0.25, -0.2) is 0 Å². The number of hydrogen-bond donors (Lipinski definition) is 1. The molecule has 0 amide bonds. The van der Waals surface area contributed by atoms with Crippen LogP contribution in [0, 0.1) is 0 Å². The second-order valence-corrected chi connectivity index (χ2v) is 9.07. The van der Waals surface area contributed by atoms with E-state index in [1.807, 2.05) is 36.5 Å². The van der Waals surface area contributed by atoms with Crippen LogP contribution >= 0.6 is 0 Å². The predicted molar refractivity (Wildman–Crippen MR) is 114 cm³/mol. The van der Waals surface area contributed by atoms with Gasteiger partial charge in [0.15, 0.2) is 0 Å². The molecule has 0 bridgehead atoms. The number of aromatic nitrogens is 3. The first-order valence-corrected chi connectivity index (χ1v) is 9.97. The Morgan fingerprint density at radius 3 is 2.38 bits per heavy atom. The van der Waals surface area contributed by atoms with Crippen molar-refractivity contribution in [3.63, 3.8) is 0 Å². The van der Waals surface area contributed by atoms with Crippen LogP contribution in [-0.2, 0) is 0 Å². The highest BCUT2D eigenvalue weighted by Crippen LogP contribution is 2.34. The molecule has 0 aliphatic carbocycles. The second kappa shape index (κ2) is 7.26. The molecule has 4 rings (SSSR count). The summed E-state index contributed by atoms with van der Waals surface area (Å²) in [6.45, 7) is 8.83. The number of piperidine rings is 1. The van der Waals surface area contributed by atoms with Crippen LogP contribution in [0.2, 0.25) is 0 Å². The van der Waals surface area contributed by atoms with Gasteiger partial charge in [0.05, 0.1) is 12.8 Å². The molecule has 3 aromatic rings. The average molecular weight is 393 g/mol. The van der Waals surface area contributed by atoms with Crippen LogP contribution in [0.1, 0.15) is 40.5 Å². The van der Waals surface area contributed by atoms with Gasteiger partial charge in [-0.05, 0) is 57.3 Å². The lowest BCUT2D eigenvalue weighted by Gasteiger charge is -2.46. The van der Waals surface area contributed by atoms with Crippen LogP contribution in [0.5, 0.6) is 11.6 Å². The van der Waals surface area contributed by atoms with Gasteiger partial charge >= 0.3 is 0 Å². The van der Waals surface area contributed by atoms with Crippen LogP contribution < -0.4 is 14.8 Å². The summed E-state index contributed by atoms with van der Waals surface area (Å²) in [6.07, 6.45) is 5.56. The SMILES string of the molecule is COc1cc2ccncc2cc1-c1ccc(OC2CC(C)(C)NC(C)(C)C2)nn1. The van der Waals surface area contributed by atoms with Gasteiger partial charge in [0, 0.05) is 53.3 Å². The third-order valence-corrected chi connectivity index (χ3v) is 5.32. The van der Waals surface area contributed by atoms with Crippen LogP contribution in [0.3, 0.4) is 0 Å². The minimum atomic E-state index is 0.0201. The summed E-state index contributed by atoms with van der Waals surface area (Å²) in [5.41, 5.74) is 1.67. The smallest absolute Gasteiger partial charge is 0.233 e. The molecule has 1 fully saturated rings. The van der Waals surface area contributed by atoms with E-state index >= 15 is 0 Å². The third-order valence-electron chi connectivity index (χ3n) is 5.32. The predicted octanol–water partition coefficient (Wildman–Crippen LogP) is 4.39. The first-order chi connectivity index (χ1) is 13.7. The van der Waals surface area contributed by atoms with E-state index in [-0.39, 0.29) is 17.2 Å². The van der Waals surface area contributed by atoms with Gasteiger partial charge in [-0.3, -0.25) is 4.98 Å². The van der Waals surface area contributed by atoms with Crippen LogP contribution in [0.15, 0.2) is 42.7 Å². The minimum absolute atomic E-state index is 0.0201. The number of methoxy groups -OCH3 is 1. The Labute approximate surface area is 171 Å². The molecule has 29 heavy (non-hydrogen) atoms. The summed E-state index contributed by atoms with van der Waals surface area (Å²) in [6, 6.07) is 9.81. The van der Waals surface area contributed by atoms with E-state index in [1.54, 1.807) is 13.3 Å². The first kappa shape index (κ1) is 19.6. The van der Waals surface area contributed by atoms with Crippen molar-refractivity contribution in [1.29, 1.82) is 0 Å². The molecule has 0 saturated carbocycles. The monoisotopic (exact) mass is 392 g/mol. The van der Waals surface area contributed by atoms with Crippen LogP contribution in [0.25, 0.3) is 22.0 Å². The standard InChI is InChI=1S/C23H28N4O2/c1-22(2)12-17(13-23(3,4)27-22)29-21-7-6-19(25-26-21)18-10-16-14-24-9-8-15(16)11-20(18)28-5/h6-11,14,17,27H,12-13H2,1-5H3. The summed E-state index contributed by atoms with van der Waals surface area (Å²) in [4.78, 5) is 4.20. The Bertz CT molecular complexity index is 999. The van der Waals surface area contributed by atoms with Crippen molar-refractivity contribution < 1.29 is 9.47 Å². The molecule has 1 aliphatic rings. The molecule has 0 atom stereocenters. The first-order valence-electron chi connectivity index (χ1n) is 9.97. The van der Waals surface area contributed by atoms with E-state index in [1.165, 1.54) is 0 Å². The van der Waals surface area contributed by atoms with Gasteiger partial charge in [-0.15, -0.1) is 10.2 Å². The summed E-state index contributed by atoms with van der Waals surface area (Å²) >= 11 is 0. The number of fused-ring (bicyclic) bond motifs is 1. The van der Waals surface area contributed by atoms with Crippen molar-refractivity contribution in [2.24, 2.45) is 0 Å². The molecule has 1 aliphatic heterocycles. The largest absolute Gasteiger partial charge is 0.496 e. The molecule has 152 valence electrons. The normalized spacial score (nSPS) is 18.5. The number of rotatable bonds is 4. The molecule has 2 aromatic heterocycles. The lowest BCUT2D eigenvalue weighted by Crippen LogP contribution is -2.60. The van der Waals surface area contributed by atoms with Gasteiger partial charge in [0.1, 0.15) is 11.9 Å². The second-order valence-electron chi connectivity index (χ2n) is 9.07. The van der Waals surface area contributed by atoms with Crippen molar-refractivity contribution in [3.05, 3.63) is 42.7 Å². The fourth-order valence-corrected chi connectivity index (χ4v) is 4.49. The average Bonchev–Trinajstić information content (AvgIpc) is 2.65. The zero-order valence-electron chi connectivity index (χ0n) is 17.7. The summed E-state index contributed by atoms with van der Waals surface area (Å²) in [5.74, 6) is 1.31. The minimum Gasteiger partial charge on any atom is -0.496 e. The van der Waals surface area contributed by atoms with Crippen molar-refractivity contribution in [2.45, 2.75) is 57.7 Å². The Morgan fingerprint density at radius 2 is 1.72 bits per heavy atom. The van der Waals surface area contributed by atoms with Crippen molar-refractivity contribution in [3.8, 4) is 22.9 Å². The highest BCUT2D eigenvalue weighted by atomic mass is 16.5. The van der Waals surface area contributed by atoms with Crippen molar-refractivity contribution in [1.82, 2.24) is 20.5 Å². The highest BCUT2D eigenvalue weighted by Gasteiger charge is 2.38. The van der Waals surface area contributed by atoms with Crippen LogP contribution in [-0.4, -0.2) is 39.5 Å². The third kappa shape index (κ3) is 4.32. The highest BCUT2D eigenvalue weighted by molar-refractivity contribution is 5.89. The molecule has 6 nitrogen and oxygen atoms in total. The van der Waals surface area contributed by atoms with E-state index in [9.17, 15) is 0 Å². The summed E-state index contributed by atoms with van der Waals surface area (Å²) in [5, 5.41) is 14.5. The number of nitrogens with zero attached hydrogens (tertiary/aromatic N) is 3. The summed E-state index contributed by atoms with van der Waals surface area (Å²) < 4.78 is 11.8. The van der Waals surface area contributed by atoms with E-state index in [0.29, 0.717) is 5.88 Å². The number of benzene rings is 1. The van der Waals surface area contributed by atoms with Gasteiger partial charge in [-0.2, -0.15) is 0 Å². The van der Waals surface area contributed by atoms with E-state index in [0.717, 1.165) is 40.6 Å². The lowest BCUT2D eigenvalue weighted by molar-refractivity contribution is 0.0524. The van der Waals surface area contributed by atoms with Gasteiger partial charge in [-0.1, -0.05) is 0 Å². The fraction of sp³-hybridized carbons (Fsp3) is 0.435. The molecule has 1 N–H and O–H groups in total. The van der Waals surface area contributed by atoms with Gasteiger partial charge in [0.25, 0.3) is 0 Å². The molecule has 0 unspecified atom stereocenters. The van der Waals surface area contributed by atoms with Gasteiger partial charge < -0.3 is 14.8 Å².